The highest BCUT2D eigenvalue weighted by atomic mass is 32.2. The van der Waals surface area contributed by atoms with Gasteiger partial charge in [-0.1, -0.05) is 0 Å². The van der Waals surface area contributed by atoms with Crippen LogP contribution in [0.5, 0.6) is 5.75 Å². The largest absolute Gasteiger partial charge is 0.494 e. The molecule has 0 radical (unpaired) electrons. The van der Waals surface area contributed by atoms with Crippen molar-refractivity contribution in [1.29, 1.82) is 0 Å². The molecule has 26 heavy (non-hydrogen) atoms. The minimum Gasteiger partial charge on any atom is -0.494 e. The van der Waals surface area contributed by atoms with Crippen molar-refractivity contribution in [2.45, 2.75) is 31.6 Å². The van der Waals surface area contributed by atoms with Crippen LogP contribution in [-0.4, -0.2) is 27.5 Å². The first-order chi connectivity index (χ1) is 12.4. The van der Waals surface area contributed by atoms with Crippen molar-refractivity contribution in [1.82, 2.24) is 0 Å². The van der Waals surface area contributed by atoms with Gasteiger partial charge in [-0.15, -0.1) is 0 Å². The van der Waals surface area contributed by atoms with E-state index >= 15 is 0 Å². The van der Waals surface area contributed by atoms with Crippen molar-refractivity contribution in [3.63, 3.8) is 0 Å². The fourth-order valence-electron chi connectivity index (χ4n) is 3.02. The number of carbonyl (C=O) groups excluding carboxylic acids is 1. The molecule has 0 unspecified atom stereocenters. The van der Waals surface area contributed by atoms with Crippen molar-refractivity contribution in [3.05, 3.63) is 48.0 Å². The fraction of sp³-hybridized carbons (Fsp3) is 0.316. The maximum absolute atomic E-state index is 12.6. The second kappa shape index (κ2) is 7.37. The lowest BCUT2D eigenvalue weighted by molar-refractivity contribution is -0.117. The quantitative estimate of drug-likeness (QED) is 0.842. The number of rotatable bonds is 6. The highest BCUT2D eigenvalue weighted by Gasteiger charge is 2.23. The van der Waals surface area contributed by atoms with E-state index in [1.54, 1.807) is 35.2 Å². The van der Waals surface area contributed by atoms with Gasteiger partial charge < -0.3 is 9.64 Å². The fourth-order valence-corrected chi connectivity index (χ4v) is 4.07. The van der Waals surface area contributed by atoms with E-state index in [2.05, 4.69) is 4.72 Å². The van der Waals surface area contributed by atoms with Crippen molar-refractivity contribution < 1.29 is 17.9 Å². The highest BCUT2D eigenvalue weighted by Crippen LogP contribution is 2.28. The third-order valence-electron chi connectivity index (χ3n) is 4.26. The number of carbonyl (C=O) groups is 1. The van der Waals surface area contributed by atoms with Crippen LogP contribution in [-0.2, 0) is 14.8 Å². The molecule has 0 aliphatic carbocycles. The zero-order valence-corrected chi connectivity index (χ0v) is 15.7. The van der Waals surface area contributed by atoms with E-state index in [-0.39, 0.29) is 10.8 Å². The lowest BCUT2D eigenvalue weighted by atomic mass is 10.1. The van der Waals surface area contributed by atoms with Crippen molar-refractivity contribution in [3.8, 4) is 5.75 Å². The Morgan fingerprint density at radius 1 is 1.15 bits per heavy atom. The Morgan fingerprint density at radius 3 is 2.46 bits per heavy atom. The molecule has 2 aromatic rings. The Balaban J connectivity index is 1.79. The smallest absolute Gasteiger partial charge is 0.261 e. The Bertz CT molecular complexity index is 908. The lowest BCUT2D eigenvalue weighted by Gasteiger charge is -2.19. The molecule has 1 aliphatic rings. The predicted molar refractivity (Wildman–Crippen MR) is 101 cm³/mol. The third kappa shape index (κ3) is 3.83. The molecule has 1 saturated heterocycles. The van der Waals surface area contributed by atoms with E-state index in [1.807, 2.05) is 13.8 Å². The van der Waals surface area contributed by atoms with Crippen LogP contribution in [0.4, 0.5) is 11.4 Å². The molecular weight excluding hydrogens is 352 g/mol. The highest BCUT2D eigenvalue weighted by molar-refractivity contribution is 7.92. The molecule has 1 N–H and O–H groups in total. The standard InChI is InChI=1S/C19H22N2O4S/c1-3-25-16-7-9-17(10-8-16)26(23,24)20-15-6-11-18(14(2)13-15)21-12-4-5-19(21)22/h6-11,13,20H,3-5,12H2,1-2H3. The van der Waals surface area contributed by atoms with Crippen LogP contribution in [0.25, 0.3) is 0 Å². The number of hydrogen-bond acceptors (Lipinski definition) is 4. The van der Waals surface area contributed by atoms with Crippen molar-refractivity contribution in [2.75, 3.05) is 22.8 Å². The van der Waals surface area contributed by atoms with Gasteiger partial charge in [-0.3, -0.25) is 9.52 Å². The molecule has 138 valence electrons. The number of ether oxygens (including phenoxy) is 1. The van der Waals surface area contributed by atoms with Gasteiger partial charge in [0.05, 0.1) is 11.5 Å². The van der Waals surface area contributed by atoms with Crippen LogP contribution in [0.3, 0.4) is 0 Å². The molecule has 0 aromatic heterocycles. The topological polar surface area (TPSA) is 75.7 Å². The monoisotopic (exact) mass is 374 g/mol. The number of sulfonamides is 1. The number of nitrogens with one attached hydrogen (secondary N) is 1. The zero-order valence-electron chi connectivity index (χ0n) is 14.9. The van der Waals surface area contributed by atoms with E-state index < -0.39 is 10.0 Å². The summed E-state index contributed by atoms with van der Waals surface area (Å²) in [6.45, 7) is 4.97. The van der Waals surface area contributed by atoms with Gasteiger partial charge in [-0.25, -0.2) is 8.42 Å². The molecule has 2 aromatic carbocycles. The number of anilines is 2. The summed E-state index contributed by atoms with van der Waals surface area (Å²) in [5, 5.41) is 0. The number of benzene rings is 2. The van der Waals surface area contributed by atoms with Crippen LogP contribution in [0.2, 0.25) is 0 Å². The molecule has 6 nitrogen and oxygen atoms in total. The first-order valence-electron chi connectivity index (χ1n) is 8.57. The Morgan fingerprint density at radius 2 is 1.88 bits per heavy atom. The van der Waals surface area contributed by atoms with Gasteiger partial charge >= 0.3 is 0 Å². The summed E-state index contributed by atoms with van der Waals surface area (Å²) in [7, 11) is -3.69. The summed E-state index contributed by atoms with van der Waals surface area (Å²) in [4.78, 5) is 13.8. The maximum atomic E-state index is 12.6. The lowest BCUT2D eigenvalue weighted by Crippen LogP contribution is -2.24. The molecule has 1 fully saturated rings. The minimum absolute atomic E-state index is 0.107. The molecule has 7 heteroatoms. The van der Waals surface area contributed by atoms with Gasteiger partial charge in [0.2, 0.25) is 5.91 Å². The molecule has 3 rings (SSSR count). The number of aryl methyl sites for hydroxylation is 1. The number of nitrogens with zero attached hydrogens (tertiary/aromatic N) is 1. The Kier molecular flexibility index (Phi) is 5.18. The van der Waals surface area contributed by atoms with E-state index in [0.29, 0.717) is 31.0 Å². The SMILES string of the molecule is CCOc1ccc(S(=O)(=O)Nc2ccc(N3CCCC3=O)c(C)c2)cc1. The van der Waals surface area contributed by atoms with Crippen LogP contribution in [0, 0.1) is 6.92 Å². The molecule has 0 spiro atoms. The number of hydrogen-bond donors (Lipinski definition) is 1. The summed E-state index contributed by atoms with van der Waals surface area (Å²) in [6.07, 6.45) is 1.41. The van der Waals surface area contributed by atoms with Gasteiger partial charge in [0.15, 0.2) is 0 Å². The van der Waals surface area contributed by atoms with E-state index in [4.69, 9.17) is 4.74 Å². The maximum Gasteiger partial charge on any atom is 0.261 e. The Hall–Kier alpha value is -2.54. The first-order valence-corrected chi connectivity index (χ1v) is 10.1. The average Bonchev–Trinajstić information content (AvgIpc) is 3.01. The summed E-state index contributed by atoms with van der Waals surface area (Å²) < 4.78 is 33.0. The number of amides is 1. The van der Waals surface area contributed by atoms with Crippen LogP contribution in [0.1, 0.15) is 25.3 Å². The molecule has 1 heterocycles. The van der Waals surface area contributed by atoms with Gasteiger partial charge in [0.25, 0.3) is 10.0 Å². The van der Waals surface area contributed by atoms with Gasteiger partial charge in [0.1, 0.15) is 5.75 Å². The average molecular weight is 374 g/mol. The van der Waals surface area contributed by atoms with Crippen molar-refractivity contribution >= 4 is 27.3 Å². The van der Waals surface area contributed by atoms with Crippen molar-refractivity contribution in [2.24, 2.45) is 0 Å². The summed E-state index contributed by atoms with van der Waals surface area (Å²) in [6, 6.07) is 11.5. The molecule has 0 bridgehead atoms. The van der Waals surface area contributed by atoms with Crippen LogP contribution >= 0.6 is 0 Å². The molecule has 0 atom stereocenters. The second-order valence-electron chi connectivity index (χ2n) is 6.16. The first kappa shape index (κ1) is 18.3. The summed E-state index contributed by atoms with van der Waals surface area (Å²) >= 11 is 0. The molecule has 1 amide bonds. The van der Waals surface area contributed by atoms with E-state index in [1.165, 1.54) is 12.1 Å². The molecular formula is C19H22N2O4S. The third-order valence-corrected chi connectivity index (χ3v) is 5.66. The van der Waals surface area contributed by atoms with Gasteiger partial charge in [-0.2, -0.15) is 0 Å². The summed E-state index contributed by atoms with van der Waals surface area (Å²) in [5.41, 5.74) is 2.15. The van der Waals surface area contributed by atoms with E-state index in [0.717, 1.165) is 17.7 Å². The second-order valence-corrected chi connectivity index (χ2v) is 7.84. The zero-order chi connectivity index (χ0) is 18.7. The van der Waals surface area contributed by atoms with E-state index in [9.17, 15) is 13.2 Å². The molecule has 0 saturated carbocycles. The predicted octanol–water partition coefficient (Wildman–Crippen LogP) is 3.32. The Labute approximate surface area is 153 Å². The van der Waals surface area contributed by atoms with Crippen LogP contribution < -0.4 is 14.4 Å². The van der Waals surface area contributed by atoms with Crippen LogP contribution in [0.15, 0.2) is 47.4 Å². The van der Waals surface area contributed by atoms with Gasteiger partial charge in [0, 0.05) is 24.3 Å². The summed E-state index contributed by atoms with van der Waals surface area (Å²) in [5.74, 6) is 0.734. The minimum atomic E-state index is -3.69. The molecule has 1 aliphatic heterocycles. The normalized spacial score (nSPS) is 14.5. The van der Waals surface area contributed by atoms with Gasteiger partial charge in [-0.05, 0) is 68.3 Å².